The van der Waals surface area contributed by atoms with E-state index in [4.69, 9.17) is 9.47 Å². The molecule has 0 N–H and O–H groups in total. The summed E-state index contributed by atoms with van der Waals surface area (Å²) < 4.78 is 12.0. The number of azo groups is 1. The average Bonchev–Trinajstić information content (AvgIpc) is 3.48. The van der Waals surface area contributed by atoms with Gasteiger partial charge < -0.3 is 9.47 Å². The topological polar surface area (TPSA) is 60.2 Å². The van der Waals surface area contributed by atoms with Crippen LogP contribution in [-0.4, -0.2) is 18.7 Å². The number of ether oxygens (including phenoxy) is 2. The van der Waals surface area contributed by atoms with Crippen LogP contribution in [0.2, 0.25) is 0 Å². The molecule has 4 aliphatic rings. The van der Waals surface area contributed by atoms with Crippen LogP contribution in [0.1, 0.15) is 148 Å². The van der Waals surface area contributed by atoms with E-state index in [1.54, 1.807) is 5.57 Å². The lowest BCUT2D eigenvalue weighted by atomic mass is 9.47. The maximum Gasteiger partial charge on any atom is 0.338 e. The molecule has 8 atom stereocenters. The van der Waals surface area contributed by atoms with Gasteiger partial charge in [0.05, 0.1) is 23.5 Å². The van der Waals surface area contributed by atoms with Crippen molar-refractivity contribution in [3.8, 4) is 5.75 Å². The van der Waals surface area contributed by atoms with Gasteiger partial charge in [-0.25, -0.2) is 4.79 Å². The van der Waals surface area contributed by atoms with Crippen LogP contribution in [-0.2, 0) is 4.74 Å². The van der Waals surface area contributed by atoms with Gasteiger partial charge in [-0.1, -0.05) is 91.7 Å². The van der Waals surface area contributed by atoms with Crippen molar-refractivity contribution in [2.24, 2.45) is 56.6 Å². The number of rotatable bonds is 15. The van der Waals surface area contributed by atoms with E-state index in [1.165, 1.54) is 70.6 Å². The normalized spacial score (nSPS) is 30.7. The molecule has 0 saturated heterocycles. The van der Waals surface area contributed by atoms with Crippen LogP contribution in [0.25, 0.3) is 0 Å². The Balaban J connectivity index is 0.999. The van der Waals surface area contributed by atoms with Crippen molar-refractivity contribution in [2.75, 3.05) is 6.61 Å². The quantitative estimate of drug-likeness (QED) is 0.0807. The second-order valence-electron chi connectivity index (χ2n) is 17.7. The van der Waals surface area contributed by atoms with Gasteiger partial charge in [-0.15, -0.1) is 0 Å². The SMILES string of the molecule is CCCCCCOc1ccc(N=Nc2ccc(C(=O)OC3CC[C@@]4(C)C(=CC[C@H]5[C@@H]6CC[C@H]([C@H](C)CCCC(C)C)[C@@]6(C)CC[C@@H]54)C3)cc2)cc1. The first-order chi connectivity index (χ1) is 24.6. The van der Waals surface area contributed by atoms with E-state index in [2.05, 4.69) is 57.8 Å². The molecule has 3 fully saturated rings. The van der Waals surface area contributed by atoms with Crippen molar-refractivity contribution in [1.29, 1.82) is 0 Å². The van der Waals surface area contributed by atoms with E-state index in [0.717, 1.165) is 79.2 Å². The molecular formula is C46H66N2O3. The summed E-state index contributed by atoms with van der Waals surface area (Å²) in [6.07, 6.45) is 21.3. The minimum Gasteiger partial charge on any atom is -0.494 e. The Morgan fingerprint density at radius 2 is 1.55 bits per heavy atom. The molecule has 0 bridgehead atoms. The van der Waals surface area contributed by atoms with Crippen LogP contribution in [0.15, 0.2) is 70.4 Å². The maximum atomic E-state index is 13.3. The summed E-state index contributed by atoms with van der Waals surface area (Å²) in [5.74, 6) is 5.64. The zero-order chi connectivity index (χ0) is 36.0. The smallest absolute Gasteiger partial charge is 0.338 e. The van der Waals surface area contributed by atoms with E-state index >= 15 is 0 Å². The molecule has 51 heavy (non-hydrogen) atoms. The summed E-state index contributed by atoms with van der Waals surface area (Å²) in [4.78, 5) is 13.3. The van der Waals surface area contributed by atoms with Crippen LogP contribution in [0.5, 0.6) is 5.75 Å². The molecule has 2 aromatic rings. The fourth-order valence-electron chi connectivity index (χ4n) is 11.1. The van der Waals surface area contributed by atoms with E-state index in [9.17, 15) is 4.79 Å². The second-order valence-corrected chi connectivity index (χ2v) is 17.7. The lowest BCUT2D eigenvalue weighted by Crippen LogP contribution is -2.51. The molecule has 0 heterocycles. The van der Waals surface area contributed by atoms with Crippen LogP contribution in [0, 0.1) is 46.3 Å². The zero-order valence-electron chi connectivity index (χ0n) is 32.7. The lowest BCUT2D eigenvalue weighted by molar-refractivity contribution is -0.0594. The Bertz CT molecular complexity index is 1500. The molecule has 1 unspecified atom stereocenters. The van der Waals surface area contributed by atoms with Crippen molar-refractivity contribution in [2.45, 2.75) is 144 Å². The molecule has 3 saturated carbocycles. The van der Waals surface area contributed by atoms with E-state index in [1.807, 2.05) is 48.5 Å². The highest BCUT2D eigenvalue weighted by atomic mass is 16.5. The molecule has 4 aliphatic carbocycles. The van der Waals surface area contributed by atoms with Gasteiger partial charge in [-0.2, -0.15) is 10.2 Å². The predicted molar refractivity (Wildman–Crippen MR) is 209 cm³/mol. The number of benzene rings is 2. The van der Waals surface area contributed by atoms with Crippen molar-refractivity contribution >= 4 is 17.3 Å². The third-order valence-electron chi connectivity index (χ3n) is 14.0. The first-order valence-electron chi connectivity index (χ1n) is 20.8. The highest BCUT2D eigenvalue weighted by molar-refractivity contribution is 5.89. The molecule has 0 aliphatic heterocycles. The zero-order valence-corrected chi connectivity index (χ0v) is 32.7. The number of esters is 1. The maximum absolute atomic E-state index is 13.3. The van der Waals surface area contributed by atoms with E-state index in [-0.39, 0.29) is 17.5 Å². The Labute approximate surface area is 309 Å². The van der Waals surface area contributed by atoms with Gasteiger partial charge in [0, 0.05) is 6.42 Å². The van der Waals surface area contributed by atoms with Gasteiger partial charge in [-0.05, 0) is 146 Å². The fraction of sp³-hybridized carbons (Fsp3) is 0.674. The molecule has 2 aromatic carbocycles. The van der Waals surface area contributed by atoms with Crippen LogP contribution < -0.4 is 4.74 Å². The molecule has 0 amide bonds. The lowest BCUT2D eigenvalue weighted by Gasteiger charge is -2.58. The first-order valence-corrected chi connectivity index (χ1v) is 20.8. The number of carbonyl (C=O) groups is 1. The molecule has 278 valence electrons. The number of carbonyl (C=O) groups excluding carboxylic acids is 1. The largest absolute Gasteiger partial charge is 0.494 e. The highest BCUT2D eigenvalue weighted by Crippen LogP contribution is 2.67. The van der Waals surface area contributed by atoms with Gasteiger partial charge in [0.2, 0.25) is 0 Å². The fourth-order valence-corrected chi connectivity index (χ4v) is 11.1. The Kier molecular flexibility index (Phi) is 12.5. The number of hydrogen-bond donors (Lipinski definition) is 0. The number of nitrogens with zero attached hydrogens (tertiary/aromatic N) is 2. The Hall–Kier alpha value is -2.95. The molecule has 0 aromatic heterocycles. The molecule has 5 heteroatoms. The third-order valence-corrected chi connectivity index (χ3v) is 14.0. The number of fused-ring (bicyclic) bond motifs is 5. The molecule has 6 rings (SSSR count). The van der Waals surface area contributed by atoms with E-state index < -0.39 is 0 Å². The molecule has 0 radical (unpaired) electrons. The highest BCUT2D eigenvalue weighted by Gasteiger charge is 2.59. The third kappa shape index (κ3) is 8.65. The minimum atomic E-state index is -0.236. The van der Waals surface area contributed by atoms with Crippen LogP contribution in [0.3, 0.4) is 0 Å². The summed E-state index contributed by atoms with van der Waals surface area (Å²) in [5, 5.41) is 8.76. The molecular weight excluding hydrogens is 629 g/mol. The first kappa shape index (κ1) is 37.8. The second kappa shape index (κ2) is 16.8. The minimum absolute atomic E-state index is 0.0487. The predicted octanol–water partition coefficient (Wildman–Crippen LogP) is 13.6. The van der Waals surface area contributed by atoms with Crippen molar-refractivity contribution in [3.63, 3.8) is 0 Å². The van der Waals surface area contributed by atoms with Crippen molar-refractivity contribution in [3.05, 3.63) is 65.7 Å². The van der Waals surface area contributed by atoms with Gasteiger partial charge in [0.25, 0.3) is 0 Å². The average molecular weight is 695 g/mol. The number of unbranched alkanes of at least 4 members (excludes halogenated alkanes) is 3. The molecule has 0 spiro atoms. The van der Waals surface area contributed by atoms with E-state index in [0.29, 0.717) is 16.7 Å². The monoisotopic (exact) mass is 695 g/mol. The van der Waals surface area contributed by atoms with Crippen molar-refractivity contribution in [1.82, 2.24) is 0 Å². The Morgan fingerprint density at radius 3 is 2.25 bits per heavy atom. The van der Waals surface area contributed by atoms with Gasteiger partial charge >= 0.3 is 5.97 Å². The van der Waals surface area contributed by atoms with Gasteiger partial charge in [0.1, 0.15) is 11.9 Å². The summed E-state index contributed by atoms with van der Waals surface area (Å²) in [7, 11) is 0. The summed E-state index contributed by atoms with van der Waals surface area (Å²) in [6.45, 7) is 15.5. The van der Waals surface area contributed by atoms with Crippen LogP contribution >= 0.6 is 0 Å². The van der Waals surface area contributed by atoms with Gasteiger partial charge in [-0.3, -0.25) is 0 Å². The molecule has 5 nitrogen and oxygen atoms in total. The summed E-state index contributed by atoms with van der Waals surface area (Å²) in [6, 6.07) is 15.0. The Morgan fingerprint density at radius 1 is 0.824 bits per heavy atom. The summed E-state index contributed by atoms with van der Waals surface area (Å²) >= 11 is 0. The van der Waals surface area contributed by atoms with Gasteiger partial charge in [0.15, 0.2) is 0 Å². The van der Waals surface area contributed by atoms with Crippen molar-refractivity contribution < 1.29 is 14.3 Å². The number of allylic oxidation sites excluding steroid dienone is 1. The summed E-state index contributed by atoms with van der Waals surface area (Å²) in [5.41, 5.74) is 4.37. The van der Waals surface area contributed by atoms with Crippen LogP contribution in [0.4, 0.5) is 11.4 Å². The number of hydrogen-bond acceptors (Lipinski definition) is 5. The standard InChI is InChI=1S/C46H66N2O3/c1-7-8-9-10-30-50-38-21-19-37(20-22-38)48-47-36-17-14-34(15-18-36)44(49)51-39-26-28-45(5)35(31-39)16-23-40-42-25-24-41(33(4)13-11-12-32(2)3)46(42,6)29-27-43(40)45/h14-22,32-33,39-43H,7-13,23-31H2,1-6H3/t33-,39?,40+,41-,42+,43+,45+,46-/m1/s1.